The number of amides is 1. The fraction of sp³-hybridized carbons (Fsp3) is 0.588. The molecule has 2 aliphatic carbocycles. The maximum Gasteiger partial charge on any atom is 0.471 e. The van der Waals surface area contributed by atoms with Crippen molar-refractivity contribution >= 4 is 11.7 Å². The lowest BCUT2D eigenvalue weighted by atomic mass is 9.90. The minimum absolute atomic E-state index is 0.200. The molecule has 4 N–H and O–H groups in total. The summed E-state index contributed by atoms with van der Waals surface area (Å²) in [5.41, 5.74) is 6.73. The maximum absolute atomic E-state index is 12.1. The topological polar surface area (TPSA) is 111 Å². The third kappa shape index (κ3) is 12.9. The molecule has 2 saturated carbocycles. The van der Waals surface area contributed by atoms with Gasteiger partial charge in [-0.2, -0.15) is 13.2 Å². The van der Waals surface area contributed by atoms with Crippen molar-refractivity contribution in [1.82, 2.24) is 5.32 Å². The van der Waals surface area contributed by atoms with Crippen LogP contribution in [0, 0.1) is 11.8 Å². The van der Waals surface area contributed by atoms with Gasteiger partial charge in [0.05, 0.1) is 19.3 Å². The first-order chi connectivity index (χ1) is 21.2. The van der Waals surface area contributed by atoms with Gasteiger partial charge in [0.1, 0.15) is 11.5 Å². The molecule has 2 fully saturated rings. The summed E-state index contributed by atoms with van der Waals surface area (Å²) < 4.78 is 47.8. The van der Waals surface area contributed by atoms with Crippen molar-refractivity contribution in [3.05, 3.63) is 59.7 Å². The largest absolute Gasteiger partial charge is 0.493 e. The average molecular weight is 621 g/mol. The number of nitrogens with two attached hydrogens (primary N) is 1. The van der Waals surface area contributed by atoms with Crippen molar-refractivity contribution in [3.8, 4) is 11.5 Å². The molecule has 44 heavy (non-hydrogen) atoms. The van der Waals surface area contributed by atoms with E-state index < -0.39 is 18.2 Å². The molecule has 244 valence electrons. The molecule has 2 aromatic rings. The van der Waals surface area contributed by atoms with Gasteiger partial charge in [-0.3, -0.25) is 9.59 Å². The average Bonchev–Trinajstić information content (AvgIpc) is 3.04. The van der Waals surface area contributed by atoms with E-state index in [0.717, 1.165) is 30.8 Å². The van der Waals surface area contributed by atoms with Crippen molar-refractivity contribution in [2.75, 3.05) is 26.3 Å². The second-order valence-corrected chi connectivity index (χ2v) is 11.8. The van der Waals surface area contributed by atoms with Gasteiger partial charge >= 0.3 is 12.1 Å². The van der Waals surface area contributed by atoms with E-state index in [0.29, 0.717) is 42.7 Å². The van der Waals surface area contributed by atoms with E-state index in [-0.39, 0.29) is 18.7 Å². The minimum atomic E-state index is -4.93. The quantitative estimate of drug-likeness (QED) is 0.210. The zero-order valence-corrected chi connectivity index (χ0v) is 25.5. The van der Waals surface area contributed by atoms with Crippen LogP contribution in [0.4, 0.5) is 13.2 Å². The van der Waals surface area contributed by atoms with Crippen LogP contribution in [0.3, 0.4) is 0 Å². The summed E-state index contributed by atoms with van der Waals surface area (Å²) in [6.07, 6.45) is 7.60. The SMILES string of the molecule is NCCC(O)c1cccc(OCC2CCCCC2)c1.O=C(CCNC(=O)C(F)(F)F)c1cccc(OCC2CCCCC2)c1. The lowest BCUT2D eigenvalue weighted by Crippen LogP contribution is -2.37. The Balaban J connectivity index is 0.000000249. The predicted octanol–water partition coefficient (Wildman–Crippen LogP) is 6.92. The summed E-state index contributed by atoms with van der Waals surface area (Å²) in [6, 6.07) is 14.4. The van der Waals surface area contributed by atoms with E-state index in [4.69, 9.17) is 15.2 Å². The maximum atomic E-state index is 12.1. The molecule has 1 atom stereocenters. The first kappa shape index (κ1) is 35.4. The van der Waals surface area contributed by atoms with Gasteiger partial charge in [0.25, 0.3) is 0 Å². The van der Waals surface area contributed by atoms with Crippen LogP contribution in [-0.4, -0.2) is 49.3 Å². The number of alkyl halides is 3. The van der Waals surface area contributed by atoms with Crippen LogP contribution in [0.15, 0.2) is 48.5 Å². The summed E-state index contributed by atoms with van der Waals surface area (Å²) in [6.45, 7) is 1.55. The standard InChI is InChI=1S/C18H22F3NO3.C16H25NO2/c19-18(20,21)17(24)22-10-9-16(23)14-7-4-8-15(11-14)25-12-13-5-2-1-3-6-13;17-10-9-16(18)14-7-4-8-15(11-14)19-12-13-5-2-1-3-6-13/h4,7-8,11,13H,1-3,5-6,9-10,12H2,(H,22,24);4,7-8,11,13,16,18H,1-3,5-6,9-10,12,17H2. The molecular formula is C34H47F3N2O5. The summed E-state index contributed by atoms with van der Waals surface area (Å²) in [5, 5.41) is 11.6. The number of benzene rings is 2. The van der Waals surface area contributed by atoms with Crippen molar-refractivity contribution in [1.29, 1.82) is 0 Å². The Hall–Kier alpha value is -3.11. The van der Waals surface area contributed by atoms with Gasteiger partial charge in [0, 0.05) is 18.5 Å². The van der Waals surface area contributed by atoms with Gasteiger partial charge in [-0.25, -0.2) is 0 Å². The number of Topliss-reactive ketones (excluding diaryl/α,β-unsaturated/α-hetero) is 1. The zero-order chi connectivity index (χ0) is 31.8. The monoisotopic (exact) mass is 620 g/mol. The highest BCUT2D eigenvalue weighted by Gasteiger charge is 2.38. The third-order valence-electron chi connectivity index (χ3n) is 8.15. The van der Waals surface area contributed by atoms with Crippen LogP contribution < -0.4 is 20.5 Å². The lowest BCUT2D eigenvalue weighted by Gasteiger charge is -2.22. The normalized spacial score (nSPS) is 16.8. The fourth-order valence-electron chi connectivity index (χ4n) is 5.57. The Morgan fingerprint density at radius 3 is 1.95 bits per heavy atom. The lowest BCUT2D eigenvalue weighted by molar-refractivity contribution is -0.173. The van der Waals surface area contributed by atoms with E-state index in [1.54, 1.807) is 29.6 Å². The minimum Gasteiger partial charge on any atom is -0.493 e. The Morgan fingerprint density at radius 2 is 1.41 bits per heavy atom. The molecule has 0 heterocycles. The van der Waals surface area contributed by atoms with E-state index in [1.807, 2.05) is 24.3 Å². The first-order valence-corrected chi connectivity index (χ1v) is 15.9. The Labute approximate surface area is 258 Å². The summed E-state index contributed by atoms with van der Waals surface area (Å²) in [5.74, 6) is 0.294. The number of rotatable bonds is 13. The molecule has 0 aliphatic heterocycles. The predicted molar refractivity (Wildman–Crippen MR) is 164 cm³/mol. The van der Waals surface area contributed by atoms with E-state index >= 15 is 0 Å². The van der Waals surface area contributed by atoms with Crippen LogP contribution in [0.2, 0.25) is 0 Å². The van der Waals surface area contributed by atoms with Crippen LogP contribution in [0.1, 0.15) is 99.1 Å². The smallest absolute Gasteiger partial charge is 0.471 e. The molecule has 0 aromatic heterocycles. The number of carbonyl (C=O) groups is 2. The van der Waals surface area contributed by atoms with Crippen molar-refractivity contribution in [2.45, 2.75) is 89.3 Å². The highest BCUT2D eigenvalue weighted by molar-refractivity contribution is 5.96. The number of nitrogens with one attached hydrogen (secondary N) is 1. The van der Waals surface area contributed by atoms with Gasteiger partial charge in [-0.05, 0) is 80.3 Å². The van der Waals surface area contributed by atoms with Crippen molar-refractivity contribution in [2.24, 2.45) is 17.6 Å². The molecular weight excluding hydrogens is 573 g/mol. The van der Waals surface area contributed by atoms with E-state index in [1.165, 1.54) is 51.4 Å². The number of ketones is 1. The molecule has 2 aromatic carbocycles. The second kappa shape index (κ2) is 18.6. The fourth-order valence-corrected chi connectivity index (χ4v) is 5.57. The molecule has 10 heteroatoms. The van der Waals surface area contributed by atoms with Gasteiger partial charge < -0.3 is 25.6 Å². The van der Waals surface area contributed by atoms with Crippen LogP contribution in [-0.2, 0) is 4.79 Å². The molecule has 0 radical (unpaired) electrons. The van der Waals surface area contributed by atoms with Crippen LogP contribution >= 0.6 is 0 Å². The van der Waals surface area contributed by atoms with Gasteiger partial charge in [-0.15, -0.1) is 0 Å². The van der Waals surface area contributed by atoms with E-state index in [9.17, 15) is 27.9 Å². The molecule has 0 spiro atoms. The Kier molecular flexibility index (Phi) is 15.0. The highest BCUT2D eigenvalue weighted by Crippen LogP contribution is 2.27. The first-order valence-electron chi connectivity index (χ1n) is 15.9. The van der Waals surface area contributed by atoms with Crippen molar-refractivity contribution < 1.29 is 37.3 Å². The molecule has 7 nitrogen and oxygen atoms in total. The summed E-state index contributed by atoms with van der Waals surface area (Å²) in [7, 11) is 0. The number of carbonyl (C=O) groups excluding carboxylic acids is 2. The van der Waals surface area contributed by atoms with E-state index in [2.05, 4.69) is 0 Å². The Bertz CT molecular complexity index is 1150. The summed E-state index contributed by atoms with van der Waals surface area (Å²) >= 11 is 0. The summed E-state index contributed by atoms with van der Waals surface area (Å²) in [4.78, 5) is 22.8. The highest BCUT2D eigenvalue weighted by atomic mass is 19.4. The third-order valence-corrected chi connectivity index (χ3v) is 8.15. The number of halogens is 3. The van der Waals surface area contributed by atoms with Gasteiger partial charge in [-0.1, -0.05) is 62.8 Å². The molecule has 4 rings (SSSR count). The number of hydrogen-bond donors (Lipinski definition) is 3. The molecule has 1 unspecified atom stereocenters. The Morgan fingerprint density at radius 1 is 0.864 bits per heavy atom. The second-order valence-electron chi connectivity index (χ2n) is 11.8. The number of aliphatic hydroxyl groups is 1. The molecule has 2 aliphatic rings. The number of ether oxygens (including phenoxy) is 2. The van der Waals surface area contributed by atoms with Gasteiger partial charge in [0.15, 0.2) is 5.78 Å². The molecule has 1 amide bonds. The molecule has 0 bridgehead atoms. The molecule has 0 saturated heterocycles. The van der Waals surface area contributed by atoms with Crippen LogP contribution in [0.5, 0.6) is 11.5 Å². The van der Waals surface area contributed by atoms with Gasteiger partial charge in [0.2, 0.25) is 0 Å². The zero-order valence-electron chi connectivity index (χ0n) is 25.5. The number of aliphatic hydroxyl groups excluding tert-OH is 1. The number of hydrogen-bond acceptors (Lipinski definition) is 6. The van der Waals surface area contributed by atoms with Crippen molar-refractivity contribution in [3.63, 3.8) is 0 Å². The van der Waals surface area contributed by atoms with Crippen LogP contribution in [0.25, 0.3) is 0 Å².